The third kappa shape index (κ3) is 65.1. The van der Waals surface area contributed by atoms with Crippen molar-refractivity contribution in [3.8, 4) is 0 Å². The third-order valence-electron chi connectivity index (χ3n) is 16.9. The summed E-state index contributed by atoms with van der Waals surface area (Å²) in [6.45, 7) is 14.1. The van der Waals surface area contributed by atoms with Gasteiger partial charge in [-0.2, -0.15) is 0 Å². The highest BCUT2D eigenvalue weighted by Gasteiger charge is 2.30. The van der Waals surface area contributed by atoms with E-state index in [9.17, 15) is 43.2 Å². The second-order valence-electron chi connectivity index (χ2n) is 27.6. The number of phosphoric ester groups is 2. The first-order valence-corrected chi connectivity index (χ1v) is 40.2. The average Bonchev–Trinajstić information content (AvgIpc) is 3.65. The van der Waals surface area contributed by atoms with Crippen molar-refractivity contribution in [2.45, 2.75) is 375 Å². The zero-order valence-corrected chi connectivity index (χ0v) is 61.3. The van der Waals surface area contributed by atoms with Crippen LogP contribution in [0.5, 0.6) is 0 Å². The van der Waals surface area contributed by atoms with Gasteiger partial charge in [0.05, 0.1) is 26.4 Å². The fourth-order valence-corrected chi connectivity index (χ4v) is 12.4. The molecule has 0 heterocycles. The topological polar surface area (TPSA) is 237 Å². The molecule has 0 aromatic carbocycles. The molecular weight excluding hydrogens is 1200 g/mol. The van der Waals surface area contributed by atoms with Gasteiger partial charge >= 0.3 is 39.5 Å². The Kier molecular flexibility index (Phi) is 60.3. The zero-order chi connectivity index (χ0) is 67.5. The molecule has 0 aromatic heterocycles. The summed E-state index contributed by atoms with van der Waals surface area (Å²) in [6, 6.07) is 0. The summed E-state index contributed by atoms with van der Waals surface area (Å²) in [5, 5.41) is 10.6. The first kappa shape index (κ1) is 89.1. The second-order valence-corrected chi connectivity index (χ2v) is 30.6. The summed E-state index contributed by atoms with van der Waals surface area (Å²) in [4.78, 5) is 72.6. The molecule has 0 aliphatic carbocycles. The van der Waals surface area contributed by atoms with Crippen LogP contribution in [0.25, 0.3) is 0 Å². The van der Waals surface area contributed by atoms with E-state index < -0.39 is 97.5 Å². The Labute approximate surface area is 556 Å². The number of phosphoric acid groups is 2. The van der Waals surface area contributed by atoms with E-state index >= 15 is 0 Å². The highest BCUT2D eigenvalue weighted by molar-refractivity contribution is 7.47. The summed E-state index contributed by atoms with van der Waals surface area (Å²) < 4.78 is 68.3. The minimum absolute atomic E-state index is 0.101. The molecule has 0 fully saturated rings. The van der Waals surface area contributed by atoms with Crippen molar-refractivity contribution >= 4 is 39.5 Å². The van der Waals surface area contributed by atoms with Crippen molar-refractivity contribution < 1.29 is 80.2 Å². The Morgan fingerprint density at radius 1 is 0.308 bits per heavy atom. The van der Waals surface area contributed by atoms with E-state index in [1.54, 1.807) is 0 Å². The van der Waals surface area contributed by atoms with Gasteiger partial charge in [0.15, 0.2) is 12.2 Å². The Morgan fingerprint density at radius 2 is 0.527 bits per heavy atom. The highest BCUT2D eigenvalue weighted by Crippen LogP contribution is 2.45. The van der Waals surface area contributed by atoms with Crippen molar-refractivity contribution in [3.63, 3.8) is 0 Å². The van der Waals surface area contributed by atoms with Crippen molar-refractivity contribution in [2.24, 2.45) is 23.7 Å². The van der Waals surface area contributed by atoms with E-state index in [1.165, 1.54) is 161 Å². The predicted molar refractivity (Wildman–Crippen MR) is 367 cm³/mol. The van der Waals surface area contributed by atoms with Gasteiger partial charge in [0.25, 0.3) is 0 Å². The molecule has 0 bridgehead atoms. The molecule has 0 saturated carbocycles. The number of unbranched alkanes of at least 4 members (excludes halogenated alkanes) is 34. The van der Waals surface area contributed by atoms with Gasteiger partial charge in [0.1, 0.15) is 19.3 Å². The summed E-state index contributed by atoms with van der Waals surface area (Å²) in [5.41, 5.74) is 0. The van der Waals surface area contributed by atoms with E-state index in [2.05, 4.69) is 55.4 Å². The second kappa shape index (κ2) is 61.6. The molecule has 17 nitrogen and oxygen atoms in total. The number of hydrogen-bond donors (Lipinski definition) is 3. The SMILES string of the molecule is CCC(C)CCCCCCCCCCCCCCCCC(=O)O[C@H](COC(=O)CCCCCCCCCCCCC(C)C)COP(=O)(O)OCC(O)COP(=O)(O)OC[C@@H](COC(=O)CCCCCCCCCCC(C)C)OC(=O)CCCCCCCCC(C)C. The van der Waals surface area contributed by atoms with Crippen molar-refractivity contribution in [1.82, 2.24) is 0 Å². The average molecular weight is 1340 g/mol. The summed E-state index contributed by atoms with van der Waals surface area (Å²) in [6.07, 6.45) is 44.6. The van der Waals surface area contributed by atoms with Gasteiger partial charge in [0.2, 0.25) is 0 Å². The van der Waals surface area contributed by atoms with Crippen molar-refractivity contribution in [3.05, 3.63) is 0 Å². The van der Waals surface area contributed by atoms with Gasteiger partial charge < -0.3 is 33.8 Å². The molecule has 0 rings (SSSR count). The zero-order valence-electron chi connectivity index (χ0n) is 59.5. The molecule has 0 aromatic rings. The number of hydrogen-bond acceptors (Lipinski definition) is 15. The van der Waals surface area contributed by atoms with Crippen LogP contribution in [-0.2, 0) is 65.4 Å². The van der Waals surface area contributed by atoms with Crippen LogP contribution in [-0.4, -0.2) is 96.7 Å². The van der Waals surface area contributed by atoms with Crippen molar-refractivity contribution in [1.29, 1.82) is 0 Å². The Morgan fingerprint density at radius 3 is 0.780 bits per heavy atom. The van der Waals surface area contributed by atoms with E-state index in [0.717, 1.165) is 108 Å². The van der Waals surface area contributed by atoms with Crippen molar-refractivity contribution in [2.75, 3.05) is 39.6 Å². The highest BCUT2D eigenvalue weighted by atomic mass is 31.2. The van der Waals surface area contributed by atoms with Crippen LogP contribution in [0, 0.1) is 23.7 Å². The molecule has 4 unspecified atom stereocenters. The molecule has 0 amide bonds. The number of carbonyl (C=O) groups is 4. The maximum Gasteiger partial charge on any atom is 0.472 e. The van der Waals surface area contributed by atoms with E-state index in [0.29, 0.717) is 31.6 Å². The smallest absolute Gasteiger partial charge is 0.462 e. The van der Waals surface area contributed by atoms with Crippen LogP contribution in [0.2, 0.25) is 0 Å². The van der Waals surface area contributed by atoms with Gasteiger partial charge in [-0.25, -0.2) is 9.13 Å². The Balaban J connectivity index is 5.23. The molecule has 0 spiro atoms. The molecule has 6 atom stereocenters. The molecule has 3 N–H and O–H groups in total. The fourth-order valence-electron chi connectivity index (χ4n) is 10.8. The molecule has 0 aliphatic heterocycles. The number of esters is 4. The van der Waals surface area contributed by atoms with Gasteiger partial charge in [-0.1, -0.05) is 306 Å². The lowest BCUT2D eigenvalue weighted by Gasteiger charge is -2.21. The van der Waals surface area contributed by atoms with Crippen LogP contribution < -0.4 is 0 Å². The molecule has 19 heteroatoms. The standard InChI is InChI=1S/C72H140O17P2/c1-9-65(8)51-43-35-26-19-14-12-10-11-13-15-21-29-38-46-54-71(76)88-67(58-82-69(74)52-44-36-27-20-17-16-18-24-32-40-48-62(2)3)60-86-90(78,79)84-56-66(73)57-85-91(80,81)87-61-68(89-72(77)55-47-39-31-30-34-42-50-64(6)7)59-83-70(75)53-45-37-28-23-22-25-33-41-49-63(4)5/h62-68,73H,9-61H2,1-8H3,(H,78,79)(H,80,81)/t65?,66?,67-,68-/m1/s1. The first-order chi connectivity index (χ1) is 43.6. The Bertz CT molecular complexity index is 1800. The first-order valence-electron chi connectivity index (χ1n) is 37.2. The molecule has 0 radical (unpaired) electrons. The van der Waals surface area contributed by atoms with Crippen LogP contribution in [0.1, 0.15) is 357 Å². The lowest BCUT2D eigenvalue weighted by atomic mass is 9.99. The van der Waals surface area contributed by atoms with Crippen LogP contribution in [0.15, 0.2) is 0 Å². The minimum atomic E-state index is -4.95. The monoisotopic (exact) mass is 1340 g/mol. The van der Waals surface area contributed by atoms with E-state index in [4.69, 9.17) is 37.0 Å². The number of aliphatic hydroxyl groups excluding tert-OH is 1. The Hall–Kier alpha value is -1.94. The molecule has 0 saturated heterocycles. The fraction of sp³-hybridized carbons (Fsp3) is 0.944. The van der Waals surface area contributed by atoms with Crippen LogP contribution in [0.3, 0.4) is 0 Å². The number of carbonyl (C=O) groups excluding carboxylic acids is 4. The van der Waals surface area contributed by atoms with E-state index in [-0.39, 0.29) is 25.7 Å². The maximum atomic E-state index is 13.0. The number of aliphatic hydroxyl groups is 1. The maximum absolute atomic E-state index is 13.0. The van der Waals surface area contributed by atoms with Crippen LogP contribution in [0.4, 0.5) is 0 Å². The van der Waals surface area contributed by atoms with Gasteiger partial charge in [0, 0.05) is 25.7 Å². The normalized spacial score (nSPS) is 14.5. The molecular formula is C72H140O17P2. The lowest BCUT2D eigenvalue weighted by Crippen LogP contribution is -2.30. The summed E-state index contributed by atoms with van der Waals surface area (Å²) >= 11 is 0. The molecule has 0 aliphatic rings. The number of rotatable bonds is 69. The van der Waals surface area contributed by atoms with Gasteiger partial charge in [-0.05, 0) is 49.4 Å². The van der Waals surface area contributed by atoms with E-state index in [1.807, 2.05) is 0 Å². The predicted octanol–water partition coefficient (Wildman–Crippen LogP) is 20.5. The summed E-state index contributed by atoms with van der Waals surface area (Å²) in [5.74, 6) is 0.869. The molecule has 91 heavy (non-hydrogen) atoms. The lowest BCUT2D eigenvalue weighted by molar-refractivity contribution is -0.161. The van der Waals surface area contributed by atoms with Gasteiger partial charge in [-0.15, -0.1) is 0 Å². The minimum Gasteiger partial charge on any atom is -0.462 e. The summed E-state index contributed by atoms with van der Waals surface area (Å²) in [7, 11) is -9.90. The van der Waals surface area contributed by atoms with Gasteiger partial charge in [-0.3, -0.25) is 37.3 Å². The van der Waals surface area contributed by atoms with Crippen LogP contribution >= 0.6 is 15.6 Å². The third-order valence-corrected chi connectivity index (χ3v) is 18.8. The molecule has 540 valence electrons. The quantitative estimate of drug-likeness (QED) is 0.0222. The largest absolute Gasteiger partial charge is 0.472 e. The number of ether oxygens (including phenoxy) is 4.